The van der Waals surface area contributed by atoms with Crippen molar-refractivity contribution >= 4 is 16.9 Å². The Labute approximate surface area is 144 Å². The molecular weight excluding hydrogens is 322 g/mol. The third-order valence-corrected chi connectivity index (χ3v) is 4.48. The summed E-state index contributed by atoms with van der Waals surface area (Å²) in [7, 11) is 0. The van der Waals surface area contributed by atoms with E-state index in [9.17, 15) is 4.79 Å². The first kappa shape index (κ1) is 15.8. The molecule has 130 valence electrons. The second kappa shape index (κ2) is 6.33. The molecule has 0 N–H and O–H groups in total. The number of hydrogen-bond acceptors (Lipinski definition) is 6. The van der Waals surface area contributed by atoms with Crippen LogP contribution in [-0.4, -0.2) is 40.8 Å². The Kier molecular flexibility index (Phi) is 4.01. The van der Waals surface area contributed by atoms with Gasteiger partial charge in [-0.2, -0.15) is 0 Å². The van der Waals surface area contributed by atoms with Crippen LogP contribution in [0, 0.1) is 6.92 Å². The molecule has 0 unspecified atom stereocenters. The number of aryl methyl sites for hydroxylation is 1. The van der Waals surface area contributed by atoms with Gasteiger partial charge in [0.2, 0.25) is 17.7 Å². The van der Waals surface area contributed by atoms with Crippen molar-refractivity contribution in [3.63, 3.8) is 0 Å². The highest BCUT2D eigenvalue weighted by atomic mass is 16.5. The van der Waals surface area contributed by atoms with E-state index in [0.717, 1.165) is 11.0 Å². The minimum atomic E-state index is -0.406. The maximum atomic E-state index is 13.1. The zero-order valence-electron chi connectivity index (χ0n) is 14.1. The highest BCUT2D eigenvalue weighted by Crippen LogP contribution is 2.30. The van der Waals surface area contributed by atoms with Gasteiger partial charge in [0.05, 0.1) is 19.1 Å². The van der Waals surface area contributed by atoms with Gasteiger partial charge in [-0.15, -0.1) is 10.2 Å². The molecule has 1 fully saturated rings. The summed E-state index contributed by atoms with van der Waals surface area (Å²) in [6.07, 6.45) is 0. The number of para-hydroxylation sites is 1. The maximum Gasteiger partial charge on any atom is 0.241 e. The summed E-state index contributed by atoms with van der Waals surface area (Å²) < 4.78 is 16.9. The summed E-state index contributed by atoms with van der Waals surface area (Å²) in [5.41, 5.74) is 0.781. The Balaban J connectivity index is 1.61. The van der Waals surface area contributed by atoms with Crippen LogP contribution in [-0.2, 0) is 9.53 Å². The number of morpholine rings is 1. The van der Waals surface area contributed by atoms with Crippen LogP contribution in [0.2, 0.25) is 0 Å². The van der Waals surface area contributed by atoms with Crippen molar-refractivity contribution in [3.8, 4) is 0 Å². The lowest BCUT2D eigenvalue weighted by molar-refractivity contribution is -0.142. The summed E-state index contributed by atoms with van der Waals surface area (Å²) in [6, 6.07) is 9.29. The number of amides is 1. The van der Waals surface area contributed by atoms with E-state index < -0.39 is 5.92 Å². The second-order valence-electron chi connectivity index (χ2n) is 6.19. The molecule has 1 aromatic carbocycles. The molecule has 1 aliphatic heterocycles. The van der Waals surface area contributed by atoms with Crippen LogP contribution in [0.5, 0.6) is 0 Å². The molecule has 7 heteroatoms. The van der Waals surface area contributed by atoms with Crippen molar-refractivity contribution in [2.24, 2.45) is 0 Å². The van der Waals surface area contributed by atoms with Crippen molar-refractivity contribution < 1.29 is 18.4 Å². The van der Waals surface area contributed by atoms with Gasteiger partial charge in [0.1, 0.15) is 17.4 Å². The molecule has 7 nitrogen and oxygen atoms in total. The lowest BCUT2D eigenvalue weighted by Gasteiger charge is -2.34. The van der Waals surface area contributed by atoms with Crippen molar-refractivity contribution in [3.05, 3.63) is 47.9 Å². The molecule has 4 rings (SSSR count). The highest BCUT2D eigenvalue weighted by molar-refractivity contribution is 5.85. The number of rotatable bonds is 3. The zero-order chi connectivity index (χ0) is 17.4. The van der Waals surface area contributed by atoms with E-state index in [1.54, 1.807) is 11.8 Å². The number of hydrogen-bond donors (Lipinski definition) is 0. The van der Waals surface area contributed by atoms with Gasteiger partial charge in [-0.3, -0.25) is 4.79 Å². The standard InChI is InChI=1S/C18H19N3O4/c1-11(16-9-13-5-3-4-6-15(13)25-16)18(22)21-7-8-23-10-14(21)17-20-19-12(2)24-17/h3-6,9,11,14H,7-8,10H2,1-2H3/t11-,14-/m1/s1. The fraction of sp³-hybridized carbons (Fsp3) is 0.389. The topological polar surface area (TPSA) is 81.6 Å². The van der Waals surface area contributed by atoms with Crippen LogP contribution in [0.4, 0.5) is 0 Å². The fourth-order valence-corrected chi connectivity index (χ4v) is 3.10. The highest BCUT2D eigenvalue weighted by Gasteiger charge is 2.35. The molecule has 2 atom stereocenters. The van der Waals surface area contributed by atoms with E-state index >= 15 is 0 Å². The molecule has 1 aliphatic rings. The van der Waals surface area contributed by atoms with Crippen LogP contribution in [0.15, 0.2) is 39.2 Å². The number of nitrogens with zero attached hydrogens (tertiary/aromatic N) is 3. The molecule has 25 heavy (non-hydrogen) atoms. The summed E-state index contributed by atoms with van der Waals surface area (Å²) in [5, 5.41) is 8.90. The van der Waals surface area contributed by atoms with Crippen molar-refractivity contribution in [1.29, 1.82) is 0 Å². The van der Waals surface area contributed by atoms with Gasteiger partial charge in [-0.1, -0.05) is 18.2 Å². The number of furan rings is 1. The van der Waals surface area contributed by atoms with Gasteiger partial charge in [0, 0.05) is 18.9 Å². The quantitative estimate of drug-likeness (QED) is 0.728. The lowest BCUT2D eigenvalue weighted by atomic mass is 10.0. The van der Waals surface area contributed by atoms with Gasteiger partial charge in [-0.05, 0) is 19.1 Å². The predicted molar refractivity (Wildman–Crippen MR) is 88.9 cm³/mol. The third-order valence-electron chi connectivity index (χ3n) is 4.48. The summed E-state index contributed by atoms with van der Waals surface area (Å²) in [5.74, 6) is 1.08. The Bertz CT molecular complexity index is 868. The first-order valence-corrected chi connectivity index (χ1v) is 8.30. The Morgan fingerprint density at radius 1 is 1.28 bits per heavy atom. The summed E-state index contributed by atoms with van der Waals surface area (Å²) in [4.78, 5) is 14.8. The minimum Gasteiger partial charge on any atom is -0.460 e. The summed E-state index contributed by atoms with van der Waals surface area (Å²) >= 11 is 0. The van der Waals surface area contributed by atoms with Crippen LogP contribution < -0.4 is 0 Å². The Hall–Kier alpha value is -2.67. The number of fused-ring (bicyclic) bond motifs is 1. The number of ether oxygens (including phenoxy) is 1. The SMILES string of the molecule is Cc1nnc([C@H]2COCCN2C(=O)[C@H](C)c2cc3ccccc3o2)o1. The lowest BCUT2D eigenvalue weighted by Crippen LogP contribution is -2.45. The molecule has 2 aromatic heterocycles. The molecule has 0 radical (unpaired) electrons. The largest absolute Gasteiger partial charge is 0.460 e. The molecule has 3 aromatic rings. The van der Waals surface area contributed by atoms with Crippen molar-refractivity contribution in [2.45, 2.75) is 25.8 Å². The summed E-state index contributed by atoms with van der Waals surface area (Å²) in [6.45, 7) is 4.90. The van der Waals surface area contributed by atoms with E-state index in [1.165, 1.54) is 0 Å². The van der Waals surface area contributed by atoms with Crippen molar-refractivity contribution in [2.75, 3.05) is 19.8 Å². The van der Waals surface area contributed by atoms with E-state index in [1.807, 2.05) is 37.3 Å². The molecule has 0 aliphatic carbocycles. The number of carbonyl (C=O) groups excluding carboxylic acids is 1. The molecule has 3 heterocycles. The van der Waals surface area contributed by atoms with E-state index in [4.69, 9.17) is 13.6 Å². The van der Waals surface area contributed by atoms with Gasteiger partial charge in [0.25, 0.3) is 0 Å². The van der Waals surface area contributed by atoms with Gasteiger partial charge in [0.15, 0.2) is 0 Å². The van der Waals surface area contributed by atoms with E-state index in [-0.39, 0.29) is 11.9 Å². The number of aromatic nitrogens is 2. The smallest absolute Gasteiger partial charge is 0.241 e. The number of benzene rings is 1. The van der Waals surface area contributed by atoms with Crippen molar-refractivity contribution in [1.82, 2.24) is 15.1 Å². The molecular formula is C18H19N3O4. The Morgan fingerprint density at radius 3 is 2.88 bits per heavy atom. The third kappa shape index (κ3) is 2.91. The molecule has 0 saturated carbocycles. The fourth-order valence-electron chi connectivity index (χ4n) is 3.10. The van der Waals surface area contributed by atoms with Gasteiger partial charge in [-0.25, -0.2) is 0 Å². The molecule has 0 bridgehead atoms. The van der Waals surface area contributed by atoms with Crippen LogP contribution in [0.25, 0.3) is 11.0 Å². The van der Waals surface area contributed by atoms with Crippen LogP contribution in [0.1, 0.15) is 36.4 Å². The van der Waals surface area contributed by atoms with Crippen LogP contribution >= 0.6 is 0 Å². The first-order chi connectivity index (χ1) is 12.1. The molecule has 0 spiro atoms. The first-order valence-electron chi connectivity index (χ1n) is 8.30. The van der Waals surface area contributed by atoms with Gasteiger partial charge >= 0.3 is 0 Å². The number of carbonyl (C=O) groups is 1. The monoisotopic (exact) mass is 341 g/mol. The maximum absolute atomic E-state index is 13.1. The van der Waals surface area contributed by atoms with E-state index in [2.05, 4.69) is 10.2 Å². The second-order valence-corrected chi connectivity index (χ2v) is 6.19. The average Bonchev–Trinajstić information content (AvgIpc) is 3.26. The predicted octanol–water partition coefficient (Wildman–Crippen LogP) is 2.83. The van der Waals surface area contributed by atoms with Crippen LogP contribution in [0.3, 0.4) is 0 Å². The average molecular weight is 341 g/mol. The van der Waals surface area contributed by atoms with Gasteiger partial charge < -0.3 is 18.5 Å². The Morgan fingerprint density at radius 2 is 2.12 bits per heavy atom. The molecule has 1 amide bonds. The minimum absolute atomic E-state index is 0.0387. The zero-order valence-corrected chi connectivity index (χ0v) is 14.1. The molecule has 1 saturated heterocycles. The van der Waals surface area contributed by atoms with E-state index in [0.29, 0.717) is 37.3 Å². The normalized spacial score (nSPS) is 19.3.